The van der Waals surface area contributed by atoms with Gasteiger partial charge in [-0.05, 0) is 24.6 Å². The molecule has 1 heterocycles. The molecule has 0 saturated carbocycles. The highest BCUT2D eigenvalue weighted by Gasteiger charge is 2.09. The Kier molecular flexibility index (Phi) is 3.57. The van der Waals surface area contributed by atoms with Crippen molar-refractivity contribution in [3.63, 3.8) is 0 Å². The minimum Gasteiger partial charge on any atom is -0.382 e. The van der Waals surface area contributed by atoms with E-state index >= 15 is 0 Å². The molecule has 5 nitrogen and oxygen atoms in total. The van der Waals surface area contributed by atoms with Gasteiger partial charge in [0.05, 0.1) is 12.4 Å². The van der Waals surface area contributed by atoms with E-state index in [-0.39, 0.29) is 17.4 Å². The molecule has 0 aliphatic rings. The van der Waals surface area contributed by atoms with Gasteiger partial charge >= 0.3 is 0 Å². The second-order valence-corrected chi connectivity index (χ2v) is 4.66. The number of hydrogen-bond donors (Lipinski definition) is 2. The van der Waals surface area contributed by atoms with Crippen LogP contribution in [0.15, 0.2) is 35.1 Å². The molecular weight excluding hydrogens is 296 g/mol. The fourth-order valence-corrected chi connectivity index (χ4v) is 1.73. The summed E-state index contributed by atoms with van der Waals surface area (Å²) in [6.45, 7) is 1.91. The first kappa shape index (κ1) is 12.5. The minimum atomic E-state index is -0.316. The molecule has 0 unspecified atom stereocenters. The Bertz CT molecular complexity index is 583. The first-order chi connectivity index (χ1) is 8.56. The highest BCUT2D eigenvalue weighted by Crippen LogP contribution is 2.21. The van der Waals surface area contributed by atoms with Crippen molar-refractivity contribution in [2.24, 2.45) is 0 Å². The third-order valence-electron chi connectivity index (χ3n) is 2.35. The average molecular weight is 307 g/mol. The largest absolute Gasteiger partial charge is 0.382 e. The number of aryl methyl sites for hydroxylation is 1. The summed E-state index contributed by atoms with van der Waals surface area (Å²) in [5, 5.41) is 2.77. The van der Waals surface area contributed by atoms with Gasteiger partial charge in [-0.1, -0.05) is 22.0 Å². The van der Waals surface area contributed by atoms with E-state index in [9.17, 15) is 4.79 Å². The van der Waals surface area contributed by atoms with Crippen LogP contribution in [0.5, 0.6) is 0 Å². The number of rotatable bonds is 2. The van der Waals surface area contributed by atoms with E-state index in [2.05, 4.69) is 31.2 Å². The van der Waals surface area contributed by atoms with Crippen LogP contribution in [0.2, 0.25) is 0 Å². The molecule has 0 bridgehead atoms. The van der Waals surface area contributed by atoms with Crippen molar-refractivity contribution in [3.05, 3.63) is 46.3 Å². The summed E-state index contributed by atoms with van der Waals surface area (Å²) in [6, 6.07) is 5.65. The molecule has 1 aromatic carbocycles. The number of halogens is 1. The number of anilines is 2. The molecule has 6 heteroatoms. The summed E-state index contributed by atoms with van der Waals surface area (Å²) in [6.07, 6.45) is 2.70. The Labute approximate surface area is 113 Å². The molecule has 92 valence electrons. The maximum Gasteiger partial charge on any atom is 0.275 e. The lowest BCUT2D eigenvalue weighted by Gasteiger charge is -2.08. The van der Waals surface area contributed by atoms with Gasteiger partial charge in [-0.15, -0.1) is 0 Å². The van der Waals surface area contributed by atoms with Crippen LogP contribution in [0.1, 0.15) is 16.1 Å². The van der Waals surface area contributed by atoms with Gasteiger partial charge in [-0.2, -0.15) is 0 Å². The number of carbonyl (C=O) groups excluding carboxylic acids is 1. The number of aromatic nitrogens is 2. The van der Waals surface area contributed by atoms with Crippen LogP contribution in [-0.2, 0) is 0 Å². The number of carbonyl (C=O) groups is 1. The van der Waals surface area contributed by atoms with Crippen molar-refractivity contribution < 1.29 is 4.79 Å². The maximum absolute atomic E-state index is 11.9. The highest BCUT2D eigenvalue weighted by atomic mass is 79.9. The maximum atomic E-state index is 11.9. The fraction of sp³-hybridized carbons (Fsp3) is 0.0833. The molecule has 3 N–H and O–H groups in total. The summed E-state index contributed by atoms with van der Waals surface area (Å²) >= 11 is 3.36. The van der Waals surface area contributed by atoms with Crippen molar-refractivity contribution in [2.45, 2.75) is 6.92 Å². The molecule has 2 rings (SSSR count). The average Bonchev–Trinajstić information content (AvgIpc) is 2.34. The number of nitrogens with one attached hydrogen (secondary N) is 1. The molecule has 2 aromatic rings. The Balaban J connectivity index is 2.21. The second kappa shape index (κ2) is 5.14. The normalized spacial score (nSPS) is 10.1. The molecule has 0 aliphatic heterocycles. The van der Waals surface area contributed by atoms with E-state index in [1.807, 2.05) is 25.1 Å². The summed E-state index contributed by atoms with van der Waals surface area (Å²) in [7, 11) is 0. The first-order valence-corrected chi connectivity index (χ1v) is 6.00. The molecular formula is C12H11BrN4O. The Morgan fingerprint density at radius 2 is 2.11 bits per heavy atom. The van der Waals surface area contributed by atoms with Crippen LogP contribution in [0.3, 0.4) is 0 Å². The van der Waals surface area contributed by atoms with Gasteiger partial charge < -0.3 is 11.1 Å². The van der Waals surface area contributed by atoms with Gasteiger partial charge in [0, 0.05) is 10.2 Å². The van der Waals surface area contributed by atoms with Crippen molar-refractivity contribution in [3.8, 4) is 0 Å². The van der Waals surface area contributed by atoms with E-state index in [1.165, 1.54) is 12.4 Å². The number of nitrogen functional groups attached to an aromatic ring is 1. The number of amides is 1. The van der Waals surface area contributed by atoms with Crippen LogP contribution in [0.25, 0.3) is 0 Å². The van der Waals surface area contributed by atoms with Crippen molar-refractivity contribution in [2.75, 3.05) is 11.1 Å². The highest BCUT2D eigenvalue weighted by molar-refractivity contribution is 9.10. The van der Waals surface area contributed by atoms with Crippen molar-refractivity contribution in [1.82, 2.24) is 9.97 Å². The fourth-order valence-electron chi connectivity index (χ4n) is 1.37. The van der Waals surface area contributed by atoms with Crippen LogP contribution in [0.4, 0.5) is 11.5 Å². The minimum absolute atomic E-state index is 0.226. The predicted molar refractivity (Wildman–Crippen MR) is 73.3 cm³/mol. The topological polar surface area (TPSA) is 80.9 Å². The molecule has 0 aliphatic carbocycles. The number of nitrogens with two attached hydrogens (primary N) is 1. The van der Waals surface area contributed by atoms with E-state index in [4.69, 9.17) is 5.73 Å². The van der Waals surface area contributed by atoms with Crippen LogP contribution >= 0.6 is 15.9 Å². The zero-order chi connectivity index (χ0) is 13.1. The Morgan fingerprint density at radius 3 is 2.78 bits per heavy atom. The van der Waals surface area contributed by atoms with E-state index in [0.717, 1.165) is 15.7 Å². The van der Waals surface area contributed by atoms with Gasteiger partial charge in [0.1, 0.15) is 11.5 Å². The molecule has 0 spiro atoms. The molecule has 0 saturated heterocycles. The first-order valence-electron chi connectivity index (χ1n) is 5.21. The summed E-state index contributed by atoms with van der Waals surface area (Å²) in [5.41, 5.74) is 7.33. The third-order valence-corrected chi connectivity index (χ3v) is 2.85. The SMILES string of the molecule is Cc1ccc(Br)cc1NC(=O)c1cnc(N)cn1. The molecule has 1 aromatic heterocycles. The number of nitrogens with zero attached hydrogens (tertiary/aromatic N) is 2. The second-order valence-electron chi connectivity index (χ2n) is 3.74. The van der Waals surface area contributed by atoms with Crippen LogP contribution in [-0.4, -0.2) is 15.9 Å². The standard InChI is InChI=1S/C12H11BrN4O/c1-7-2-3-8(13)4-9(7)17-12(18)10-5-16-11(14)6-15-10/h2-6H,1H3,(H2,14,16)(H,17,18). The van der Waals surface area contributed by atoms with E-state index < -0.39 is 0 Å². The van der Waals surface area contributed by atoms with Gasteiger partial charge in [0.2, 0.25) is 0 Å². The quantitative estimate of drug-likeness (QED) is 0.892. The van der Waals surface area contributed by atoms with Gasteiger partial charge in [-0.3, -0.25) is 4.79 Å². The lowest BCUT2D eigenvalue weighted by Crippen LogP contribution is -2.15. The van der Waals surface area contributed by atoms with Crippen LogP contribution < -0.4 is 11.1 Å². The third kappa shape index (κ3) is 2.84. The number of benzene rings is 1. The molecule has 18 heavy (non-hydrogen) atoms. The monoisotopic (exact) mass is 306 g/mol. The molecule has 0 fully saturated rings. The van der Waals surface area contributed by atoms with E-state index in [1.54, 1.807) is 0 Å². The summed E-state index contributed by atoms with van der Waals surface area (Å²) < 4.78 is 0.895. The predicted octanol–water partition coefficient (Wildman–Crippen LogP) is 2.38. The van der Waals surface area contributed by atoms with Crippen molar-refractivity contribution >= 4 is 33.3 Å². The van der Waals surface area contributed by atoms with E-state index in [0.29, 0.717) is 0 Å². The Morgan fingerprint density at radius 1 is 1.33 bits per heavy atom. The van der Waals surface area contributed by atoms with Crippen LogP contribution in [0, 0.1) is 6.92 Å². The molecule has 1 amide bonds. The zero-order valence-corrected chi connectivity index (χ0v) is 11.2. The smallest absolute Gasteiger partial charge is 0.275 e. The zero-order valence-electron chi connectivity index (χ0n) is 9.64. The molecule has 0 atom stereocenters. The number of hydrogen-bond acceptors (Lipinski definition) is 4. The summed E-state index contributed by atoms with van der Waals surface area (Å²) in [4.78, 5) is 19.7. The summed E-state index contributed by atoms with van der Waals surface area (Å²) in [5.74, 6) is -0.0334. The van der Waals surface area contributed by atoms with Gasteiger partial charge in [0.25, 0.3) is 5.91 Å². The van der Waals surface area contributed by atoms with Gasteiger partial charge in [0.15, 0.2) is 0 Å². The lowest BCUT2D eigenvalue weighted by molar-refractivity contribution is 0.102. The Hall–Kier alpha value is -1.95. The lowest BCUT2D eigenvalue weighted by atomic mass is 10.2. The molecule has 0 radical (unpaired) electrons. The van der Waals surface area contributed by atoms with Gasteiger partial charge in [-0.25, -0.2) is 9.97 Å². The van der Waals surface area contributed by atoms with Crippen molar-refractivity contribution in [1.29, 1.82) is 0 Å².